The van der Waals surface area contributed by atoms with Crippen LogP contribution in [0.4, 0.5) is 5.69 Å². The average Bonchev–Trinajstić information content (AvgIpc) is 2.66. The van der Waals surface area contributed by atoms with Crippen LogP contribution in [0.25, 0.3) is 0 Å². The molecule has 0 saturated carbocycles. The van der Waals surface area contributed by atoms with Gasteiger partial charge in [-0.2, -0.15) is 0 Å². The number of rotatable bonds is 8. The van der Waals surface area contributed by atoms with Crippen molar-refractivity contribution >= 4 is 29.1 Å². The van der Waals surface area contributed by atoms with E-state index in [0.717, 1.165) is 5.56 Å². The number of anilines is 1. The third-order valence-corrected chi connectivity index (χ3v) is 4.30. The maximum atomic E-state index is 12.4. The fraction of sp³-hybridized carbons (Fsp3) is 0.300. The minimum atomic E-state index is -0.312. The number of benzene rings is 2. The molecule has 0 radical (unpaired) electrons. The van der Waals surface area contributed by atoms with Gasteiger partial charge in [0, 0.05) is 24.6 Å². The van der Waals surface area contributed by atoms with Gasteiger partial charge in [-0.25, -0.2) is 0 Å². The van der Waals surface area contributed by atoms with E-state index < -0.39 is 0 Å². The SMILES string of the molecule is COc1ccc(OC)c(NC(=O)CN(CCc2ccc(Cl)cc2)C(C)=O)c1. The molecule has 144 valence electrons. The van der Waals surface area contributed by atoms with Crippen molar-refractivity contribution in [2.24, 2.45) is 0 Å². The van der Waals surface area contributed by atoms with Crippen molar-refractivity contribution in [2.75, 3.05) is 32.6 Å². The first kappa shape index (κ1) is 20.6. The Morgan fingerprint density at radius 1 is 1.07 bits per heavy atom. The van der Waals surface area contributed by atoms with Crippen LogP contribution in [0.15, 0.2) is 42.5 Å². The number of amides is 2. The van der Waals surface area contributed by atoms with Crippen LogP contribution >= 0.6 is 11.6 Å². The number of nitrogens with zero attached hydrogens (tertiary/aromatic N) is 1. The highest BCUT2D eigenvalue weighted by atomic mass is 35.5. The third-order valence-electron chi connectivity index (χ3n) is 4.04. The van der Waals surface area contributed by atoms with E-state index in [-0.39, 0.29) is 18.4 Å². The second-order valence-corrected chi connectivity index (χ2v) is 6.37. The van der Waals surface area contributed by atoms with Crippen molar-refractivity contribution < 1.29 is 19.1 Å². The molecule has 0 saturated heterocycles. The highest BCUT2D eigenvalue weighted by Crippen LogP contribution is 2.28. The van der Waals surface area contributed by atoms with Gasteiger partial charge in [-0.15, -0.1) is 0 Å². The van der Waals surface area contributed by atoms with Crippen molar-refractivity contribution in [1.29, 1.82) is 0 Å². The van der Waals surface area contributed by atoms with Crippen LogP contribution in [-0.4, -0.2) is 44.0 Å². The fourth-order valence-corrected chi connectivity index (χ4v) is 2.66. The highest BCUT2D eigenvalue weighted by molar-refractivity contribution is 6.30. The maximum Gasteiger partial charge on any atom is 0.244 e. The van der Waals surface area contributed by atoms with Gasteiger partial charge in [0.25, 0.3) is 0 Å². The van der Waals surface area contributed by atoms with Crippen LogP contribution < -0.4 is 14.8 Å². The first-order valence-corrected chi connectivity index (χ1v) is 8.82. The summed E-state index contributed by atoms with van der Waals surface area (Å²) in [4.78, 5) is 25.8. The molecule has 2 aromatic rings. The van der Waals surface area contributed by atoms with Crippen molar-refractivity contribution in [3.05, 3.63) is 53.1 Å². The molecule has 1 N–H and O–H groups in total. The van der Waals surface area contributed by atoms with Crippen molar-refractivity contribution in [3.8, 4) is 11.5 Å². The topological polar surface area (TPSA) is 67.9 Å². The number of carbonyl (C=O) groups excluding carboxylic acids is 2. The molecule has 7 heteroatoms. The van der Waals surface area contributed by atoms with E-state index in [1.165, 1.54) is 18.9 Å². The Labute approximate surface area is 164 Å². The first-order valence-electron chi connectivity index (χ1n) is 8.44. The predicted molar refractivity (Wildman–Crippen MR) is 106 cm³/mol. The first-order chi connectivity index (χ1) is 12.9. The number of methoxy groups -OCH3 is 2. The summed E-state index contributed by atoms with van der Waals surface area (Å²) >= 11 is 5.88. The molecule has 2 rings (SSSR count). The maximum absolute atomic E-state index is 12.4. The van der Waals surface area contributed by atoms with Gasteiger partial charge in [0.2, 0.25) is 11.8 Å². The number of hydrogen-bond donors (Lipinski definition) is 1. The van der Waals surface area contributed by atoms with Crippen LogP contribution in [0.1, 0.15) is 12.5 Å². The van der Waals surface area contributed by atoms with Gasteiger partial charge in [0.1, 0.15) is 11.5 Å². The Bertz CT molecular complexity index is 793. The summed E-state index contributed by atoms with van der Waals surface area (Å²) in [5.74, 6) is 0.626. The standard InChI is InChI=1S/C20H23ClN2O4/c1-14(24)23(11-10-15-4-6-16(21)7-5-15)13-20(25)22-18-12-17(26-2)8-9-19(18)27-3/h4-9,12H,10-11,13H2,1-3H3,(H,22,25). The minimum Gasteiger partial charge on any atom is -0.497 e. The quantitative estimate of drug-likeness (QED) is 0.750. The highest BCUT2D eigenvalue weighted by Gasteiger charge is 2.15. The lowest BCUT2D eigenvalue weighted by Crippen LogP contribution is -2.38. The second-order valence-electron chi connectivity index (χ2n) is 5.93. The predicted octanol–water partition coefficient (Wildman–Crippen LogP) is 3.39. The second kappa shape index (κ2) is 9.83. The zero-order valence-corrected chi connectivity index (χ0v) is 16.4. The van der Waals surface area contributed by atoms with Crippen molar-refractivity contribution in [2.45, 2.75) is 13.3 Å². The third kappa shape index (κ3) is 6.18. The Balaban J connectivity index is 2.00. The van der Waals surface area contributed by atoms with Crippen molar-refractivity contribution in [3.63, 3.8) is 0 Å². The molecule has 6 nitrogen and oxygen atoms in total. The molecule has 2 aromatic carbocycles. The minimum absolute atomic E-state index is 0.0523. The van der Waals surface area contributed by atoms with Crippen LogP contribution in [0.2, 0.25) is 5.02 Å². The van der Waals surface area contributed by atoms with E-state index in [4.69, 9.17) is 21.1 Å². The zero-order chi connectivity index (χ0) is 19.8. The van der Waals surface area contributed by atoms with Gasteiger partial charge < -0.3 is 19.7 Å². The smallest absolute Gasteiger partial charge is 0.244 e. The van der Waals surface area contributed by atoms with E-state index in [1.54, 1.807) is 37.4 Å². The largest absolute Gasteiger partial charge is 0.497 e. The number of halogens is 1. The molecular weight excluding hydrogens is 368 g/mol. The van der Waals surface area contributed by atoms with Crippen LogP contribution in [0.3, 0.4) is 0 Å². The molecule has 0 bridgehead atoms. The molecule has 0 unspecified atom stereocenters. The number of hydrogen-bond acceptors (Lipinski definition) is 4. The Morgan fingerprint density at radius 3 is 2.37 bits per heavy atom. The van der Waals surface area contributed by atoms with Gasteiger partial charge in [-0.05, 0) is 36.2 Å². The summed E-state index contributed by atoms with van der Waals surface area (Å²) in [6, 6.07) is 12.5. The summed E-state index contributed by atoms with van der Waals surface area (Å²) in [6.45, 7) is 1.82. The van der Waals surface area contributed by atoms with E-state index >= 15 is 0 Å². The van der Waals surface area contributed by atoms with Crippen molar-refractivity contribution in [1.82, 2.24) is 4.90 Å². The Kier molecular flexibility index (Phi) is 7.49. The molecular formula is C20H23ClN2O4. The molecule has 0 aliphatic carbocycles. The number of nitrogens with one attached hydrogen (secondary N) is 1. The molecule has 2 amide bonds. The lowest BCUT2D eigenvalue weighted by Gasteiger charge is -2.21. The van der Waals surface area contributed by atoms with Gasteiger partial charge in [0.15, 0.2) is 0 Å². The van der Waals surface area contributed by atoms with Gasteiger partial charge in [-0.1, -0.05) is 23.7 Å². The van der Waals surface area contributed by atoms with E-state index in [2.05, 4.69) is 5.32 Å². The lowest BCUT2D eigenvalue weighted by atomic mass is 10.1. The molecule has 0 heterocycles. The fourth-order valence-electron chi connectivity index (χ4n) is 2.54. The molecule has 0 fully saturated rings. The Hall–Kier alpha value is -2.73. The van der Waals surface area contributed by atoms with Crippen LogP contribution in [0.5, 0.6) is 11.5 Å². The molecule has 0 atom stereocenters. The van der Waals surface area contributed by atoms with Gasteiger partial charge in [0.05, 0.1) is 26.5 Å². The number of carbonyl (C=O) groups is 2. The van der Waals surface area contributed by atoms with Gasteiger partial charge in [-0.3, -0.25) is 9.59 Å². The van der Waals surface area contributed by atoms with E-state index in [1.807, 2.05) is 12.1 Å². The average molecular weight is 391 g/mol. The zero-order valence-electron chi connectivity index (χ0n) is 15.6. The molecule has 0 aliphatic rings. The molecule has 0 aromatic heterocycles. The summed E-state index contributed by atoms with van der Waals surface area (Å²) in [5, 5.41) is 3.43. The van der Waals surface area contributed by atoms with Gasteiger partial charge >= 0.3 is 0 Å². The summed E-state index contributed by atoms with van der Waals surface area (Å²) in [7, 11) is 3.06. The summed E-state index contributed by atoms with van der Waals surface area (Å²) in [6.07, 6.45) is 0.631. The summed E-state index contributed by atoms with van der Waals surface area (Å²) < 4.78 is 10.4. The molecule has 27 heavy (non-hydrogen) atoms. The van der Waals surface area contributed by atoms with E-state index in [9.17, 15) is 9.59 Å². The van der Waals surface area contributed by atoms with E-state index in [0.29, 0.717) is 35.2 Å². The lowest BCUT2D eigenvalue weighted by molar-refractivity contribution is -0.132. The normalized spacial score (nSPS) is 10.2. The summed E-state index contributed by atoms with van der Waals surface area (Å²) in [5.41, 5.74) is 1.53. The number of ether oxygens (including phenoxy) is 2. The molecule has 0 aliphatic heterocycles. The Morgan fingerprint density at radius 2 is 1.78 bits per heavy atom. The monoisotopic (exact) mass is 390 g/mol. The molecule has 0 spiro atoms. The van der Waals surface area contributed by atoms with Crippen LogP contribution in [0, 0.1) is 0 Å². The van der Waals surface area contributed by atoms with Crippen LogP contribution in [-0.2, 0) is 16.0 Å².